The lowest BCUT2D eigenvalue weighted by Gasteiger charge is -2.38. The van der Waals surface area contributed by atoms with Crippen LogP contribution >= 0.6 is 0 Å². The maximum atomic E-state index is 15.1. The number of rotatable bonds is 12. The fourth-order valence-corrected chi connectivity index (χ4v) is 14.0. The second-order valence-electron chi connectivity index (χ2n) is 18.8. The summed E-state index contributed by atoms with van der Waals surface area (Å²) in [6, 6.07) is 7.18. The highest BCUT2D eigenvalue weighted by Crippen LogP contribution is 2.58. The molecule has 6 rings (SSSR count). The second-order valence-corrected chi connectivity index (χ2v) is 23.3. The van der Waals surface area contributed by atoms with Crippen LogP contribution in [0.4, 0.5) is 87.8 Å². The molecular formula is C48H40F20Si. The molecule has 4 aromatic rings. The monoisotopic (exact) mass is 1020 g/mol. The Bertz CT molecular complexity index is 2600. The lowest BCUT2D eigenvalue weighted by Crippen LogP contribution is -2.38. The normalized spacial score (nSPS) is 16.8. The third kappa shape index (κ3) is 9.33. The lowest BCUT2D eigenvalue weighted by molar-refractivity contribution is -0.292. The van der Waals surface area contributed by atoms with E-state index in [2.05, 4.69) is 0 Å². The summed E-state index contributed by atoms with van der Waals surface area (Å²) < 4.78 is 287. The van der Waals surface area contributed by atoms with Crippen molar-refractivity contribution in [2.75, 3.05) is 0 Å². The van der Waals surface area contributed by atoms with Gasteiger partial charge >= 0.3 is 48.4 Å². The first-order valence-corrected chi connectivity index (χ1v) is 24.0. The summed E-state index contributed by atoms with van der Waals surface area (Å²) in [7, 11) is -3.75. The topological polar surface area (TPSA) is 0 Å². The number of fused-ring (bicyclic) bond motifs is 2. The van der Waals surface area contributed by atoms with Gasteiger partial charge in [-0.2, -0.15) is 87.8 Å². The molecule has 21 heteroatoms. The van der Waals surface area contributed by atoms with E-state index in [1.165, 1.54) is 24.3 Å². The quantitative estimate of drug-likeness (QED) is 0.0980. The van der Waals surface area contributed by atoms with E-state index in [9.17, 15) is 52.7 Å². The number of hydrogen-bond acceptors (Lipinski definition) is 0. The van der Waals surface area contributed by atoms with Gasteiger partial charge in [-0.05, 0) is 112 Å². The average molecular weight is 1020 g/mol. The average Bonchev–Trinajstić information content (AvgIpc) is 3.76. The zero-order valence-electron chi connectivity index (χ0n) is 36.9. The van der Waals surface area contributed by atoms with Crippen molar-refractivity contribution in [1.29, 1.82) is 0 Å². The van der Waals surface area contributed by atoms with Gasteiger partial charge in [-0.1, -0.05) is 99.6 Å². The Balaban J connectivity index is 1.70. The molecule has 0 N–H and O–H groups in total. The Morgan fingerprint density at radius 1 is 0.493 bits per heavy atom. The van der Waals surface area contributed by atoms with Gasteiger partial charge in [0.1, 0.15) is 0 Å². The van der Waals surface area contributed by atoms with Crippen LogP contribution in [0.1, 0.15) is 90.6 Å². The molecule has 4 aromatic carbocycles. The summed E-state index contributed by atoms with van der Waals surface area (Å²) in [6.45, 7) is 10.5. The number of hydrogen-bond donors (Lipinski definition) is 0. The first-order chi connectivity index (χ1) is 31.2. The molecule has 0 aromatic heterocycles. The predicted octanol–water partition coefficient (Wildman–Crippen LogP) is 18.0. The summed E-state index contributed by atoms with van der Waals surface area (Å²) in [6.07, 6.45) is -23.8. The zero-order chi connectivity index (χ0) is 52.2. The van der Waals surface area contributed by atoms with Crippen LogP contribution in [0.15, 0.2) is 83.9 Å². The van der Waals surface area contributed by atoms with Gasteiger partial charge in [0.2, 0.25) is 0 Å². The van der Waals surface area contributed by atoms with Crippen molar-refractivity contribution in [2.45, 2.75) is 114 Å². The van der Waals surface area contributed by atoms with Crippen molar-refractivity contribution in [3.63, 3.8) is 0 Å². The predicted molar refractivity (Wildman–Crippen MR) is 221 cm³/mol. The van der Waals surface area contributed by atoms with Gasteiger partial charge in [-0.25, -0.2) is 0 Å². The van der Waals surface area contributed by atoms with Crippen LogP contribution in [0.25, 0.3) is 33.5 Å². The highest BCUT2D eigenvalue weighted by Gasteiger charge is 2.64. The number of allylic oxidation sites excluding steroid dienone is 2. The summed E-state index contributed by atoms with van der Waals surface area (Å²) in [5.41, 5.74) is -10.6. The molecule has 0 bridgehead atoms. The fourth-order valence-electron chi connectivity index (χ4n) is 9.54. The third-order valence-electron chi connectivity index (χ3n) is 12.3. The van der Waals surface area contributed by atoms with Gasteiger partial charge in [-0.15, -0.1) is 0 Å². The Kier molecular flexibility index (Phi) is 13.3. The second kappa shape index (κ2) is 17.2. The lowest BCUT2D eigenvalue weighted by atomic mass is 9.89. The Labute approximate surface area is 383 Å². The van der Waals surface area contributed by atoms with Crippen molar-refractivity contribution in [1.82, 2.24) is 0 Å². The highest BCUT2D eigenvalue weighted by atomic mass is 28.3. The summed E-state index contributed by atoms with van der Waals surface area (Å²) in [4.78, 5) is 0. The van der Waals surface area contributed by atoms with E-state index < -0.39 is 108 Å². The van der Waals surface area contributed by atoms with Crippen LogP contribution in [-0.4, -0.2) is 32.8 Å². The van der Waals surface area contributed by atoms with Crippen molar-refractivity contribution >= 4 is 19.3 Å². The SMILES string of the molecule is CC(C)CC1=Cc2cccc(-c3cc(C(F)(F)C(F)(F)F)cc(C(F)(F)C(F)(F)F)c3)c2C1[Si](C)(C)C1=C(CC(C)C)Cc2cccc(-c3cc(C(F)(F)C(F)(F)F)cc(C(F)(F)C(F)(F)F)c3)c21. The fraction of sp³-hybridized carbons (Fsp3) is 0.417. The molecule has 0 saturated carbocycles. The van der Waals surface area contributed by atoms with Crippen molar-refractivity contribution in [2.24, 2.45) is 11.8 Å². The minimum atomic E-state index is -6.48. The van der Waals surface area contributed by atoms with Gasteiger partial charge in [0.15, 0.2) is 0 Å². The third-order valence-corrected chi connectivity index (χ3v) is 16.3. The molecular weight excluding hydrogens is 985 g/mol. The smallest absolute Gasteiger partial charge is 0.191 e. The van der Waals surface area contributed by atoms with E-state index in [-0.39, 0.29) is 83.2 Å². The molecule has 2 aliphatic carbocycles. The van der Waals surface area contributed by atoms with Gasteiger partial charge in [0, 0.05) is 27.8 Å². The molecule has 0 saturated heterocycles. The van der Waals surface area contributed by atoms with Crippen molar-refractivity contribution in [3.8, 4) is 22.3 Å². The Morgan fingerprint density at radius 2 is 0.870 bits per heavy atom. The van der Waals surface area contributed by atoms with E-state index >= 15 is 35.1 Å². The molecule has 0 nitrogen and oxygen atoms in total. The molecule has 0 spiro atoms. The van der Waals surface area contributed by atoms with E-state index in [4.69, 9.17) is 0 Å². The molecule has 0 amide bonds. The van der Waals surface area contributed by atoms with E-state index in [0.717, 1.165) is 12.1 Å². The molecule has 0 aliphatic heterocycles. The van der Waals surface area contributed by atoms with Crippen LogP contribution in [-0.2, 0) is 30.1 Å². The summed E-state index contributed by atoms with van der Waals surface area (Å²) in [5.74, 6) is -24.3. The van der Waals surface area contributed by atoms with Gasteiger partial charge in [0.25, 0.3) is 0 Å². The largest absolute Gasteiger partial charge is 0.458 e. The molecule has 0 heterocycles. The number of alkyl halides is 20. The van der Waals surface area contributed by atoms with Crippen LogP contribution in [0.5, 0.6) is 0 Å². The van der Waals surface area contributed by atoms with Gasteiger partial charge in [-0.3, -0.25) is 0 Å². The molecule has 2 aliphatic rings. The van der Waals surface area contributed by atoms with Crippen LogP contribution in [0.3, 0.4) is 0 Å². The number of halogens is 20. The van der Waals surface area contributed by atoms with Crippen molar-refractivity contribution < 1.29 is 87.8 Å². The van der Waals surface area contributed by atoms with E-state index in [0.29, 0.717) is 21.9 Å². The molecule has 69 heavy (non-hydrogen) atoms. The Hall–Kier alpha value is -4.82. The number of benzene rings is 4. The van der Waals surface area contributed by atoms with Crippen LogP contribution < -0.4 is 0 Å². The first-order valence-electron chi connectivity index (χ1n) is 21.0. The summed E-state index contributed by atoms with van der Waals surface area (Å²) >= 11 is 0. The summed E-state index contributed by atoms with van der Waals surface area (Å²) in [5, 5.41) is 0.378. The van der Waals surface area contributed by atoms with Gasteiger partial charge in [0.05, 0.1) is 8.07 Å². The van der Waals surface area contributed by atoms with Gasteiger partial charge < -0.3 is 0 Å². The minimum Gasteiger partial charge on any atom is -0.191 e. The maximum absolute atomic E-state index is 15.1. The zero-order valence-corrected chi connectivity index (χ0v) is 37.9. The van der Waals surface area contributed by atoms with Crippen LogP contribution in [0.2, 0.25) is 13.1 Å². The molecule has 1 unspecified atom stereocenters. The van der Waals surface area contributed by atoms with Crippen LogP contribution in [0, 0.1) is 11.8 Å². The molecule has 1 atom stereocenters. The molecule has 0 fully saturated rings. The highest BCUT2D eigenvalue weighted by molar-refractivity contribution is 6.96. The maximum Gasteiger partial charge on any atom is 0.458 e. The molecule has 376 valence electrons. The molecule has 0 radical (unpaired) electrons. The standard InChI is InChI=1S/C48H40F20Si/c1-23(2)13-29-15-25-9-7-11-35(27-17-31(41(49,50)45(57,58)59)21-32(18-27)42(51,52)46(60,61)62)37(25)39(29)69(5,6)40-30(14-24(3)4)16-26-10-8-12-36(38(26)40)28-19-33(43(53,54)47(63,64)65)22-34(20-28)44(55,56)48(66,67)68/h7-12,15,17-24,39H,13-14,16H2,1-6H3. The van der Waals surface area contributed by atoms with E-state index in [1.807, 2.05) is 0 Å². The van der Waals surface area contributed by atoms with Crippen molar-refractivity contribution in [3.05, 3.63) is 128 Å². The Morgan fingerprint density at radius 3 is 1.26 bits per heavy atom. The minimum absolute atomic E-state index is 0.0198. The van der Waals surface area contributed by atoms with E-state index in [1.54, 1.807) is 46.9 Å². The first kappa shape index (κ1) is 53.5.